The molecule has 52 heavy (non-hydrogen) atoms. The summed E-state index contributed by atoms with van der Waals surface area (Å²) in [6, 6.07) is 64.8. The molecule has 0 saturated heterocycles. The molecular weight excluding hydrogens is 629 g/mol. The van der Waals surface area contributed by atoms with E-state index in [0.29, 0.717) is 0 Å². The van der Waals surface area contributed by atoms with E-state index in [9.17, 15) is 0 Å². The molecule has 0 aliphatic rings. The summed E-state index contributed by atoms with van der Waals surface area (Å²) >= 11 is 0. The molecule has 2 nitrogen and oxygen atoms in total. The summed E-state index contributed by atoms with van der Waals surface area (Å²) in [6.07, 6.45) is 4.13. The van der Waals surface area contributed by atoms with Crippen LogP contribution in [0.25, 0.3) is 75.8 Å². The van der Waals surface area contributed by atoms with E-state index >= 15 is 0 Å². The predicted octanol–water partition coefficient (Wildman–Crippen LogP) is 13.8. The monoisotopic (exact) mass is 660 g/mol. The minimum Gasteiger partial charge on any atom is -0.256 e. The molecule has 0 aromatic heterocycles. The van der Waals surface area contributed by atoms with Crippen LogP contribution in [0.3, 0.4) is 0 Å². The average molecular weight is 661 g/mol. The first kappa shape index (κ1) is 30.0. The van der Waals surface area contributed by atoms with E-state index in [1.165, 1.54) is 43.1 Å². The fourth-order valence-corrected chi connectivity index (χ4v) is 7.90. The lowest BCUT2D eigenvalue weighted by molar-refractivity contribution is 1.51. The topological polar surface area (TPSA) is 24.7 Å². The van der Waals surface area contributed by atoms with Crippen molar-refractivity contribution in [2.45, 2.75) is 0 Å². The Morgan fingerprint density at radius 3 is 0.904 bits per heavy atom. The van der Waals surface area contributed by atoms with Gasteiger partial charge in [0, 0.05) is 34.7 Å². The summed E-state index contributed by atoms with van der Waals surface area (Å²) < 4.78 is 0. The highest BCUT2D eigenvalue weighted by Crippen LogP contribution is 2.46. The van der Waals surface area contributed by atoms with Crippen LogP contribution in [0, 0.1) is 0 Å². The standard InChI is InChI=1S/C50H32N2/c1-11-23-43-33(13-1)25-27-47(51-31-45-39-19-7-3-15-35(39)29-36-16-4-8-20-40(36)45)49(43)50-44-24-12-2-14-34(44)26-28-48(50)52-32-46-41-21-9-5-17-37(41)30-38-18-6-10-22-42(38)46/h1-32H/b51-31+,52-32?. The molecule has 0 fully saturated rings. The Balaban J connectivity index is 1.24. The van der Waals surface area contributed by atoms with Crippen LogP contribution in [-0.4, -0.2) is 12.4 Å². The Hall–Kier alpha value is -6.90. The van der Waals surface area contributed by atoms with Crippen LogP contribution < -0.4 is 0 Å². The summed E-state index contributed by atoms with van der Waals surface area (Å²) in [5.41, 5.74) is 6.19. The number of benzene rings is 10. The molecule has 10 aromatic carbocycles. The van der Waals surface area contributed by atoms with Crippen LogP contribution in [0.5, 0.6) is 0 Å². The van der Waals surface area contributed by atoms with Gasteiger partial charge in [0.05, 0.1) is 11.4 Å². The largest absolute Gasteiger partial charge is 0.256 e. The second kappa shape index (κ2) is 12.5. The van der Waals surface area contributed by atoms with Crippen molar-refractivity contribution in [2.75, 3.05) is 0 Å². The number of hydrogen-bond donors (Lipinski definition) is 0. The molecule has 0 atom stereocenters. The Morgan fingerprint density at radius 1 is 0.269 bits per heavy atom. The average Bonchev–Trinajstić information content (AvgIpc) is 3.20. The van der Waals surface area contributed by atoms with Crippen molar-refractivity contribution in [3.63, 3.8) is 0 Å². The molecule has 0 heterocycles. The Labute approximate surface area is 301 Å². The van der Waals surface area contributed by atoms with Crippen molar-refractivity contribution in [1.29, 1.82) is 0 Å². The summed E-state index contributed by atoms with van der Waals surface area (Å²) in [5, 5.41) is 14.2. The Bertz CT molecular complexity index is 2760. The van der Waals surface area contributed by atoms with Crippen molar-refractivity contribution in [3.05, 3.63) is 193 Å². The minimum absolute atomic E-state index is 0.902. The van der Waals surface area contributed by atoms with Crippen LogP contribution in [0.4, 0.5) is 11.4 Å². The van der Waals surface area contributed by atoms with E-state index in [4.69, 9.17) is 9.98 Å². The van der Waals surface area contributed by atoms with Crippen molar-refractivity contribution in [2.24, 2.45) is 9.98 Å². The zero-order valence-electron chi connectivity index (χ0n) is 28.4. The van der Waals surface area contributed by atoms with E-state index in [1.54, 1.807) is 0 Å². The van der Waals surface area contributed by atoms with E-state index in [2.05, 4.69) is 194 Å². The van der Waals surface area contributed by atoms with Gasteiger partial charge in [0.1, 0.15) is 0 Å². The van der Waals surface area contributed by atoms with Gasteiger partial charge in [-0.2, -0.15) is 0 Å². The van der Waals surface area contributed by atoms with Crippen molar-refractivity contribution in [3.8, 4) is 11.1 Å². The molecule has 0 saturated carbocycles. The lowest BCUT2D eigenvalue weighted by atomic mass is 9.91. The highest BCUT2D eigenvalue weighted by molar-refractivity contribution is 6.18. The maximum atomic E-state index is 5.37. The summed E-state index contributed by atoms with van der Waals surface area (Å²) in [4.78, 5) is 10.7. The van der Waals surface area contributed by atoms with E-state index in [1.807, 2.05) is 0 Å². The molecule has 0 spiro atoms. The molecule has 0 unspecified atom stereocenters. The van der Waals surface area contributed by atoms with Crippen molar-refractivity contribution >= 4 is 88.4 Å². The first-order chi connectivity index (χ1) is 25.8. The highest BCUT2D eigenvalue weighted by atomic mass is 14.7. The van der Waals surface area contributed by atoms with E-state index in [0.717, 1.165) is 55.2 Å². The number of nitrogens with zero attached hydrogens (tertiary/aromatic N) is 2. The molecule has 10 rings (SSSR count). The zero-order chi connectivity index (χ0) is 34.4. The molecule has 10 aromatic rings. The van der Waals surface area contributed by atoms with Crippen molar-refractivity contribution in [1.82, 2.24) is 0 Å². The van der Waals surface area contributed by atoms with Gasteiger partial charge in [0.15, 0.2) is 0 Å². The molecule has 2 heteroatoms. The third-order valence-corrected chi connectivity index (χ3v) is 10.4. The van der Waals surface area contributed by atoms with Gasteiger partial charge in [-0.1, -0.05) is 158 Å². The van der Waals surface area contributed by atoms with Gasteiger partial charge in [0.25, 0.3) is 0 Å². The number of hydrogen-bond acceptors (Lipinski definition) is 2. The second-order valence-electron chi connectivity index (χ2n) is 13.3. The first-order valence-electron chi connectivity index (χ1n) is 17.7. The van der Waals surface area contributed by atoms with Crippen LogP contribution >= 0.6 is 0 Å². The summed E-state index contributed by atoms with van der Waals surface area (Å²) in [6.45, 7) is 0. The highest BCUT2D eigenvalue weighted by Gasteiger charge is 2.17. The molecular formula is C50H32N2. The molecule has 0 N–H and O–H groups in total. The smallest absolute Gasteiger partial charge is 0.0715 e. The maximum absolute atomic E-state index is 5.37. The normalized spacial score (nSPS) is 12.1. The van der Waals surface area contributed by atoms with Crippen molar-refractivity contribution < 1.29 is 0 Å². The number of rotatable bonds is 5. The molecule has 0 aliphatic heterocycles. The summed E-state index contributed by atoms with van der Waals surface area (Å²) in [5.74, 6) is 0. The third-order valence-electron chi connectivity index (χ3n) is 10.4. The number of aliphatic imine (C=N–C) groups is 2. The molecule has 0 aliphatic carbocycles. The van der Waals surface area contributed by atoms with Crippen LogP contribution in [-0.2, 0) is 0 Å². The van der Waals surface area contributed by atoms with Gasteiger partial charge in [-0.05, 0) is 88.9 Å². The molecule has 242 valence electrons. The fraction of sp³-hybridized carbons (Fsp3) is 0. The van der Waals surface area contributed by atoms with Crippen LogP contribution in [0.2, 0.25) is 0 Å². The van der Waals surface area contributed by atoms with Gasteiger partial charge in [-0.3, -0.25) is 9.98 Å². The SMILES string of the molecule is C(=Nc1ccc2ccccc2c1-c1c(/N=C/c2c3ccccc3cc3ccccc23)ccc2ccccc12)c1c2ccccc2cc2ccccc12. The predicted molar refractivity (Wildman–Crippen MR) is 224 cm³/mol. The zero-order valence-corrected chi connectivity index (χ0v) is 28.4. The quantitative estimate of drug-likeness (QED) is 0.130. The van der Waals surface area contributed by atoms with Gasteiger partial charge in [-0.25, -0.2) is 0 Å². The lowest BCUT2D eigenvalue weighted by Crippen LogP contribution is -1.91. The Kier molecular flexibility index (Phi) is 7.18. The van der Waals surface area contributed by atoms with Gasteiger partial charge < -0.3 is 0 Å². The molecule has 0 radical (unpaired) electrons. The van der Waals surface area contributed by atoms with Gasteiger partial charge in [-0.15, -0.1) is 0 Å². The Morgan fingerprint density at radius 2 is 0.558 bits per heavy atom. The second-order valence-corrected chi connectivity index (χ2v) is 13.3. The molecule has 0 amide bonds. The number of fused-ring (bicyclic) bond motifs is 6. The maximum Gasteiger partial charge on any atom is 0.0715 e. The van der Waals surface area contributed by atoms with Gasteiger partial charge in [0.2, 0.25) is 0 Å². The van der Waals surface area contributed by atoms with E-state index < -0.39 is 0 Å². The van der Waals surface area contributed by atoms with Gasteiger partial charge >= 0.3 is 0 Å². The lowest BCUT2D eigenvalue weighted by Gasteiger charge is -2.16. The third kappa shape index (κ3) is 5.04. The van der Waals surface area contributed by atoms with Crippen LogP contribution in [0.1, 0.15) is 11.1 Å². The van der Waals surface area contributed by atoms with Crippen LogP contribution in [0.15, 0.2) is 192 Å². The fourth-order valence-electron chi connectivity index (χ4n) is 7.90. The summed E-state index contributed by atoms with van der Waals surface area (Å²) in [7, 11) is 0. The molecule has 0 bridgehead atoms. The minimum atomic E-state index is 0.902. The van der Waals surface area contributed by atoms with E-state index in [-0.39, 0.29) is 0 Å². The first-order valence-corrected chi connectivity index (χ1v) is 17.7.